The molecule has 0 heterocycles. The minimum Gasteiger partial charge on any atom is -0.459 e. The van der Waals surface area contributed by atoms with Crippen molar-refractivity contribution >= 4 is 18.4 Å². The molecule has 0 unspecified atom stereocenters. The van der Waals surface area contributed by atoms with Gasteiger partial charge in [-0.05, 0) is 12.8 Å². The van der Waals surface area contributed by atoms with E-state index in [4.69, 9.17) is 5.73 Å². The molecule has 1 aliphatic rings. The maximum atomic E-state index is 10.7. The van der Waals surface area contributed by atoms with Crippen LogP contribution in [0.4, 0.5) is 0 Å². The fourth-order valence-corrected chi connectivity index (χ4v) is 1.36. The molecule has 1 fully saturated rings. The number of hydrogen-bond donors (Lipinski definition) is 1. The fraction of sp³-hybridized carbons (Fsp3) is 0.667. The summed E-state index contributed by atoms with van der Waals surface area (Å²) in [7, 11) is 1.31. The van der Waals surface area contributed by atoms with Crippen LogP contribution in [0.25, 0.3) is 0 Å². The number of carbonyl (C=O) groups excluding carboxylic acids is 1. The first-order valence-electron chi connectivity index (χ1n) is 4.06. The highest BCUT2D eigenvalue weighted by Gasteiger charge is 2.26. The van der Waals surface area contributed by atoms with Gasteiger partial charge in [0.1, 0.15) is 0 Å². The van der Waals surface area contributed by atoms with Crippen LogP contribution in [0.3, 0.4) is 0 Å². The Morgan fingerprint density at radius 3 is 2.46 bits per heavy atom. The van der Waals surface area contributed by atoms with Crippen molar-refractivity contribution in [2.24, 2.45) is 5.73 Å². The minimum atomic E-state index is -0.508. The summed E-state index contributed by atoms with van der Waals surface area (Å²) in [6, 6.07) is 0. The largest absolute Gasteiger partial charge is 0.459 e. The molecule has 4 heteroatoms. The van der Waals surface area contributed by atoms with E-state index >= 15 is 0 Å². The number of esters is 1. The minimum absolute atomic E-state index is 0. The van der Waals surface area contributed by atoms with Gasteiger partial charge in [-0.2, -0.15) is 0 Å². The molecule has 0 aromatic rings. The van der Waals surface area contributed by atoms with Crippen LogP contribution in [0.15, 0.2) is 0 Å². The van der Waals surface area contributed by atoms with Crippen LogP contribution in [0.2, 0.25) is 0 Å². The van der Waals surface area contributed by atoms with Crippen molar-refractivity contribution in [1.29, 1.82) is 0 Å². The highest BCUT2D eigenvalue weighted by Crippen LogP contribution is 2.25. The molecule has 0 spiro atoms. The second-order valence-electron chi connectivity index (χ2n) is 3.10. The van der Waals surface area contributed by atoms with Gasteiger partial charge in [0.15, 0.2) is 0 Å². The Morgan fingerprint density at radius 1 is 1.46 bits per heavy atom. The van der Waals surface area contributed by atoms with Gasteiger partial charge < -0.3 is 10.5 Å². The molecular weight excluding hydrogens is 190 g/mol. The summed E-state index contributed by atoms with van der Waals surface area (Å²) >= 11 is 0. The quantitative estimate of drug-likeness (QED) is 0.361. The van der Waals surface area contributed by atoms with Crippen molar-refractivity contribution in [3.05, 3.63) is 0 Å². The Balaban J connectivity index is 0.00000144. The molecule has 1 rings (SSSR count). The Kier molecular flexibility index (Phi) is 4.82. The Bertz CT molecular complexity index is 236. The number of ether oxygens (including phenoxy) is 1. The van der Waals surface area contributed by atoms with Gasteiger partial charge in [0.05, 0.1) is 12.6 Å². The van der Waals surface area contributed by atoms with Crippen LogP contribution < -0.4 is 5.73 Å². The van der Waals surface area contributed by atoms with Crippen LogP contribution in [0.1, 0.15) is 25.7 Å². The number of methoxy groups -OCH3 is 1. The maximum Gasteiger partial charge on any atom is 0.384 e. The number of rotatable bonds is 0. The SMILES string of the molecule is COC(=O)C#CC1(N)CCCC1.Cl. The first kappa shape index (κ1) is 12.3. The van der Waals surface area contributed by atoms with E-state index in [0.717, 1.165) is 25.7 Å². The van der Waals surface area contributed by atoms with E-state index in [2.05, 4.69) is 16.6 Å². The normalized spacial score (nSPS) is 18.0. The summed E-state index contributed by atoms with van der Waals surface area (Å²) in [4.78, 5) is 10.7. The Morgan fingerprint density at radius 2 is 2.00 bits per heavy atom. The van der Waals surface area contributed by atoms with Gasteiger partial charge >= 0.3 is 5.97 Å². The summed E-state index contributed by atoms with van der Waals surface area (Å²) < 4.78 is 4.39. The van der Waals surface area contributed by atoms with E-state index < -0.39 is 11.5 Å². The predicted octanol–water partition coefficient (Wildman–Crippen LogP) is 0.856. The highest BCUT2D eigenvalue weighted by molar-refractivity contribution is 5.88. The first-order chi connectivity index (χ1) is 5.66. The smallest absolute Gasteiger partial charge is 0.384 e. The van der Waals surface area contributed by atoms with E-state index in [1.165, 1.54) is 7.11 Å². The molecule has 0 saturated heterocycles. The predicted molar refractivity (Wildman–Crippen MR) is 52.4 cm³/mol. The standard InChI is InChI=1S/C9H13NO2.ClH/c1-12-8(11)4-7-9(10)5-2-3-6-9;/h2-3,5-6,10H2,1H3;1H. The van der Waals surface area contributed by atoms with Crippen molar-refractivity contribution in [3.63, 3.8) is 0 Å². The van der Waals surface area contributed by atoms with Crippen LogP contribution >= 0.6 is 12.4 Å². The number of halogens is 1. The maximum absolute atomic E-state index is 10.7. The van der Waals surface area contributed by atoms with Crippen LogP contribution in [-0.4, -0.2) is 18.6 Å². The van der Waals surface area contributed by atoms with E-state index in [0.29, 0.717) is 0 Å². The summed E-state index contributed by atoms with van der Waals surface area (Å²) in [5.74, 6) is 4.63. The molecule has 0 radical (unpaired) electrons. The first-order valence-corrected chi connectivity index (χ1v) is 4.06. The molecule has 0 aromatic carbocycles. The molecule has 13 heavy (non-hydrogen) atoms. The average Bonchev–Trinajstić information content (AvgIpc) is 2.49. The van der Waals surface area contributed by atoms with Crippen molar-refractivity contribution in [1.82, 2.24) is 0 Å². The molecule has 1 saturated carbocycles. The van der Waals surface area contributed by atoms with E-state index in [-0.39, 0.29) is 12.4 Å². The zero-order valence-electron chi connectivity index (χ0n) is 7.63. The Labute approximate surface area is 84.4 Å². The molecule has 3 nitrogen and oxygen atoms in total. The molecule has 0 amide bonds. The van der Waals surface area contributed by atoms with E-state index in [1.54, 1.807) is 0 Å². The molecule has 74 valence electrons. The summed E-state index contributed by atoms with van der Waals surface area (Å²) in [6.07, 6.45) is 3.98. The van der Waals surface area contributed by atoms with Crippen LogP contribution in [0.5, 0.6) is 0 Å². The summed E-state index contributed by atoms with van der Waals surface area (Å²) in [5.41, 5.74) is 5.44. The number of carbonyl (C=O) groups is 1. The van der Waals surface area contributed by atoms with Gasteiger partial charge in [0, 0.05) is 5.92 Å². The zero-order valence-corrected chi connectivity index (χ0v) is 8.45. The molecule has 0 bridgehead atoms. The number of hydrogen-bond acceptors (Lipinski definition) is 3. The lowest BCUT2D eigenvalue weighted by Gasteiger charge is -2.13. The van der Waals surface area contributed by atoms with Crippen molar-refractivity contribution in [2.75, 3.05) is 7.11 Å². The molecular formula is C9H14ClNO2. The monoisotopic (exact) mass is 203 g/mol. The second kappa shape index (κ2) is 5.11. The molecule has 0 aliphatic heterocycles. The third-order valence-electron chi connectivity index (χ3n) is 2.09. The van der Waals surface area contributed by atoms with Crippen molar-refractivity contribution in [3.8, 4) is 11.8 Å². The van der Waals surface area contributed by atoms with Crippen LogP contribution in [-0.2, 0) is 9.53 Å². The lowest BCUT2D eigenvalue weighted by Crippen LogP contribution is -2.34. The second-order valence-corrected chi connectivity index (χ2v) is 3.10. The van der Waals surface area contributed by atoms with Crippen LogP contribution in [0, 0.1) is 11.8 Å². The molecule has 1 aliphatic carbocycles. The molecule has 0 aromatic heterocycles. The van der Waals surface area contributed by atoms with Gasteiger partial charge in [-0.3, -0.25) is 0 Å². The molecule has 2 N–H and O–H groups in total. The van der Waals surface area contributed by atoms with Gasteiger partial charge in [-0.25, -0.2) is 4.79 Å². The van der Waals surface area contributed by atoms with Crippen molar-refractivity contribution < 1.29 is 9.53 Å². The average molecular weight is 204 g/mol. The molecule has 0 atom stereocenters. The van der Waals surface area contributed by atoms with Gasteiger partial charge in [0.2, 0.25) is 0 Å². The van der Waals surface area contributed by atoms with Gasteiger partial charge in [0.25, 0.3) is 0 Å². The topological polar surface area (TPSA) is 52.3 Å². The van der Waals surface area contributed by atoms with Crippen molar-refractivity contribution in [2.45, 2.75) is 31.2 Å². The lowest BCUT2D eigenvalue weighted by atomic mass is 10.0. The summed E-state index contributed by atoms with van der Waals surface area (Å²) in [6.45, 7) is 0. The lowest BCUT2D eigenvalue weighted by molar-refractivity contribution is -0.133. The summed E-state index contributed by atoms with van der Waals surface area (Å²) in [5, 5.41) is 0. The third kappa shape index (κ3) is 3.67. The number of nitrogens with two attached hydrogens (primary N) is 1. The highest BCUT2D eigenvalue weighted by atomic mass is 35.5. The van der Waals surface area contributed by atoms with E-state index in [9.17, 15) is 4.79 Å². The zero-order chi connectivity index (χ0) is 9.03. The third-order valence-corrected chi connectivity index (χ3v) is 2.09. The van der Waals surface area contributed by atoms with Gasteiger partial charge in [-0.15, -0.1) is 12.4 Å². The Hall–Kier alpha value is -0.720. The van der Waals surface area contributed by atoms with Gasteiger partial charge in [-0.1, -0.05) is 18.8 Å². The fourth-order valence-electron chi connectivity index (χ4n) is 1.36. The van der Waals surface area contributed by atoms with E-state index in [1.807, 2.05) is 0 Å².